The first-order chi connectivity index (χ1) is 14.6. The van der Waals surface area contributed by atoms with Crippen LogP contribution in [0.25, 0.3) is 11.4 Å². The lowest BCUT2D eigenvalue weighted by atomic mass is 9.97. The van der Waals surface area contributed by atoms with Gasteiger partial charge in [0.1, 0.15) is 5.75 Å². The number of nitrogens with one attached hydrogen (secondary N) is 1. The highest BCUT2D eigenvalue weighted by molar-refractivity contribution is 5.92. The molecule has 7 heteroatoms. The summed E-state index contributed by atoms with van der Waals surface area (Å²) in [6.07, 6.45) is 1.83. The Morgan fingerprint density at radius 1 is 1.27 bits per heavy atom. The summed E-state index contributed by atoms with van der Waals surface area (Å²) < 4.78 is 10.6. The van der Waals surface area contributed by atoms with Crippen molar-refractivity contribution < 1.29 is 14.1 Å². The average molecular weight is 406 g/mol. The molecular formula is C23H26N4O3. The Morgan fingerprint density at radius 2 is 2.10 bits per heavy atom. The molecule has 1 amide bonds. The van der Waals surface area contributed by atoms with Gasteiger partial charge in [-0.3, -0.25) is 9.69 Å². The van der Waals surface area contributed by atoms with Crippen LogP contribution in [0.4, 0.5) is 5.69 Å². The fraction of sp³-hybridized carbons (Fsp3) is 0.348. The zero-order valence-electron chi connectivity index (χ0n) is 17.3. The van der Waals surface area contributed by atoms with E-state index in [1.807, 2.05) is 55.5 Å². The Bertz CT molecular complexity index is 1000. The molecular weight excluding hydrogens is 380 g/mol. The zero-order chi connectivity index (χ0) is 20.9. The molecule has 0 radical (unpaired) electrons. The average Bonchev–Trinajstić information content (AvgIpc) is 3.23. The van der Waals surface area contributed by atoms with Gasteiger partial charge in [-0.15, -0.1) is 0 Å². The van der Waals surface area contributed by atoms with E-state index in [4.69, 9.17) is 9.26 Å². The maximum absolute atomic E-state index is 12.7. The van der Waals surface area contributed by atoms with Gasteiger partial charge in [-0.25, -0.2) is 0 Å². The molecule has 4 rings (SSSR count). The Balaban J connectivity index is 1.35. The highest BCUT2D eigenvalue weighted by Crippen LogP contribution is 2.22. The van der Waals surface area contributed by atoms with E-state index in [9.17, 15) is 4.79 Å². The maximum atomic E-state index is 12.7. The molecule has 0 saturated carbocycles. The van der Waals surface area contributed by atoms with Crippen molar-refractivity contribution in [3.63, 3.8) is 0 Å². The summed E-state index contributed by atoms with van der Waals surface area (Å²) in [7, 11) is 1.62. The summed E-state index contributed by atoms with van der Waals surface area (Å²) >= 11 is 0. The lowest BCUT2D eigenvalue weighted by Gasteiger charge is -2.30. The predicted molar refractivity (Wildman–Crippen MR) is 114 cm³/mol. The smallest absolute Gasteiger partial charge is 0.241 e. The Morgan fingerprint density at radius 3 is 2.87 bits per heavy atom. The van der Waals surface area contributed by atoms with Gasteiger partial charge in [0, 0.05) is 17.8 Å². The predicted octanol–water partition coefficient (Wildman–Crippen LogP) is 3.90. The van der Waals surface area contributed by atoms with Crippen molar-refractivity contribution in [2.24, 2.45) is 5.92 Å². The van der Waals surface area contributed by atoms with Crippen LogP contribution in [-0.2, 0) is 11.3 Å². The van der Waals surface area contributed by atoms with Gasteiger partial charge in [0.05, 0.1) is 19.6 Å². The quantitative estimate of drug-likeness (QED) is 0.669. The summed E-state index contributed by atoms with van der Waals surface area (Å²) in [4.78, 5) is 19.5. The number of piperidine rings is 1. The molecule has 30 heavy (non-hydrogen) atoms. The molecule has 1 aliphatic heterocycles. The second kappa shape index (κ2) is 9.09. The molecule has 1 N–H and O–H groups in total. The standard InChI is InChI=1S/C23H26N4O3/c1-16-5-3-6-17(13-16)22-25-21(30-26-22)15-27-12-4-7-18(14-27)23(28)24-19-8-10-20(29-2)11-9-19/h3,5-6,8-11,13,18H,4,7,12,14-15H2,1-2H3,(H,24,28). The van der Waals surface area contributed by atoms with Gasteiger partial charge in [0.25, 0.3) is 0 Å². The molecule has 1 fully saturated rings. The number of aryl methyl sites for hydroxylation is 1. The summed E-state index contributed by atoms with van der Waals surface area (Å²) in [5, 5.41) is 7.12. The van der Waals surface area contributed by atoms with Crippen LogP contribution >= 0.6 is 0 Å². The summed E-state index contributed by atoms with van der Waals surface area (Å²) in [6.45, 7) is 4.17. The summed E-state index contributed by atoms with van der Waals surface area (Å²) in [5.74, 6) is 1.90. The molecule has 1 unspecified atom stereocenters. The fourth-order valence-corrected chi connectivity index (χ4v) is 3.74. The number of hydrogen-bond acceptors (Lipinski definition) is 6. The normalized spacial score (nSPS) is 16.9. The number of methoxy groups -OCH3 is 1. The number of likely N-dealkylation sites (tertiary alicyclic amines) is 1. The van der Waals surface area contributed by atoms with E-state index in [1.165, 1.54) is 0 Å². The van der Waals surface area contributed by atoms with E-state index in [1.54, 1.807) is 7.11 Å². The van der Waals surface area contributed by atoms with Crippen LogP contribution in [0.1, 0.15) is 24.3 Å². The molecule has 1 saturated heterocycles. The minimum atomic E-state index is -0.0694. The summed E-state index contributed by atoms with van der Waals surface area (Å²) in [6, 6.07) is 15.4. The van der Waals surface area contributed by atoms with E-state index in [-0.39, 0.29) is 11.8 Å². The molecule has 1 aromatic heterocycles. The van der Waals surface area contributed by atoms with Crippen LogP contribution in [-0.4, -0.2) is 41.1 Å². The van der Waals surface area contributed by atoms with Crippen LogP contribution in [0.5, 0.6) is 5.75 Å². The number of hydrogen-bond donors (Lipinski definition) is 1. The molecule has 7 nitrogen and oxygen atoms in total. The molecule has 0 spiro atoms. The van der Waals surface area contributed by atoms with Crippen LogP contribution in [0.2, 0.25) is 0 Å². The summed E-state index contributed by atoms with van der Waals surface area (Å²) in [5.41, 5.74) is 2.87. The number of ether oxygens (including phenoxy) is 1. The molecule has 156 valence electrons. The maximum Gasteiger partial charge on any atom is 0.241 e. The number of carbonyl (C=O) groups is 1. The number of amides is 1. The van der Waals surface area contributed by atoms with Gasteiger partial charge in [0.2, 0.25) is 17.6 Å². The number of benzene rings is 2. The van der Waals surface area contributed by atoms with Crippen molar-refractivity contribution in [2.45, 2.75) is 26.3 Å². The highest BCUT2D eigenvalue weighted by atomic mass is 16.5. The van der Waals surface area contributed by atoms with Crippen molar-refractivity contribution >= 4 is 11.6 Å². The van der Waals surface area contributed by atoms with Crippen LogP contribution in [0.3, 0.4) is 0 Å². The third-order valence-electron chi connectivity index (χ3n) is 5.34. The first-order valence-electron chi connectivity index (χ1n) is 10.2. The number of nitrogens with zero attached hydrogens (tertiary/aromatic N) is 3. The van der Waals surface area contributed by atoms with Crippen molar-refractivity contribution in [1.82, 2.24) is 15.0 Å². The Labute approximate surface area is 176 Å². The topological polar surface area (TPSA) is 80.5 Å². The van der Waals surface area contributed by atoms with Crippen LogP contribution in [0.15, 0.2) is 53.1 Å². The van der Waals surface area contributed by atoms with Gasteiger partial charge in [0.15, 0.2) is 0 Å². The lowest BCUT2D eigenvalue weighted by molar-refractivity contribution is -0.121. The molecule has 0 bridgehead atoms. The van der Waals surface area contributed by atoms with Crippen LogP contribution < -0.4 is 10.1 Å². The first-order valence-corrected chi connectivity index (χ1v) is 10.2. The van der Waals surface area contributed by atoms with Crippen LogP contribution in [0, 0.1) is 12.8 Å². The van der Waals surface area contributed by atoms with Gasteiger partial charge in [-0.2, -0.15) is 4.98 Å². The zero-order valence-corrected chi connectivity index (χ0v) is 17.3. The van der Waals surface area contributed by atoms with E-state index >= 15 is 0 Å². The van der Waals surface area contributed by atoms with Crippen molar-refractivity contribution in [1.29, 1.82) is 0 Å². The van der Waals surface area contributed by atoms with Gasteiger partial charge in [-0.1, -0.05) is 28.9 Å². The minimum Gasteiger partial charge on any atom is -0.497 e. The Hall–Kier alpha value is -3.19. The highest BCUT2D eigenvalue weighted by Gasteiger charge is 2.27. The lowest BCUT2D eigenvalue weighted by Crippen LogP contribution is -2.40. The van der Waals surface area contributed by atoms with E-state index in [0.717, 1.165) is 42.0 Å². The van der Waals surface area contributed by atoms with Gasteiger partial charge < -0.3 is 14.6 Å². The molecule has 2 heterocycles. The van der Waals surface area contributed by atoms with Crippen molar-refractivity contribution in [3.05, 3.63) is 60.0 Å². The largest absolute Gasteiger partial charge is 0.497 e. The van der Waals surface area contributed by atoms with Gasteiger partial charge >= 0.3 is 0 Å². The van der Waals surface area contributed by atoms with Crippen molar-refractivity contribution in [3.8, 4) is 17.1 Å². The SMILES string of the molecule is COc1ccc(NC(=O)C2CCCN(Cc3nc(-c4cccc(C)c4)no3)C2)cc1. The fourth-order valence-electron chi connectivity index (χ4n) is 3.74. The first kappa shape index (κ1) is 20.1. The molecule has 1 atom stereocenters. The Kier molecular flexibility index (Phi) is 6.09. The number of rotatable bonds is 6. The monoisotopic (exact) mass is 406 g/mol. The minimum absolute atomic E-state index is 0.0378. The second-order valence-corrected chi connectivity index (χ2v) is 7.67. The van der Waals surface area contributed by atoms with E-state index < -0.39 is 0 Å². The molecule has 2 aromatic carbocycles. The molecule has 1 aliphatic rings. The molecule has 3 aromatic rings. The third kappa shape index (κ3) is 4.86. The number of aromatic nitrogens is 2. The number of carbonyl (C=O) groups excluding carboxylic acids is 1. The molecule has 0 aliphatic carbocycles. The van der Waals surface area contributed by atoms with E-state index in [0.29, 0.717) is 24.8 Å². The second-order valence-electron chi connectivity index (χ2n) is 7.67. The van der Waals surface area contributed by atoms with Crippen molar-refractivity contribution in [2.75, 3.05) is 25.5 Å². The van der Waals surface area contributed by atoms with E-state index in [2.05, 4.69) is 20.4 Å². The van der Waals surface area contributed by atoms with Gasteiger partial charge in [-0.05, 0) is 56.6 Å². The number of anilines is 1. The third-order valence-corrected chi connectivity index (χ3v) is 5.34.